The molecule has 0 spiro atoms. The molecule has 4 heterocycles. The highest BCUT2D eigenvalue weighted by molar-refractivity contribution is 7.99. The number of nitrogens with zero attached hydrogens (tertiary/aromatic N) is 6. The van der Waals surface area contributed by atoms with Crippen LogP contribution in [0, 0.1) is 12.8 Å². The van der Waals surface area contributed by atoms with Gasteiger partial charge in [0.15, 0.2) is 5.82 Å². The van der Waals surface area contributed by atoms with Crippen LogP contribution in [0.2, 0.25) is 0 Å². The first-order valence-corrected chi connectivity index (χ1v) is 8.01. The van der Waals surface area contributed by atoms with E-state index >= 15 is 0 Å². The summed E-state index contributed by atoms with van der Waals surface area (Å²) in [6, 6.07) is 0. The second-order valence-electron chi connectivity index (χ2n) is 5.62. The molecule has 0 atom stereocenters. The average Bonchev–Trinajstić information content (AvgIpc) is 2.86. The molecule has 0 amide bonds. The minimum absolute atomic E-state index is 0.801. The third-order valence-electron chi connectivity index (χ3n) is 4.07. The van der Waals surface area contributed by atoms with Crippen LogP contribution in [0.1, 0.15) is 25.6 Å². The van der Waals surface area contributed by atoms with Crippen LogP contribution in [0.4, 0.5) is 11.6 Å². The number of aromatic nitrogens is 5. The number of hydrogen-bond donors (Lipinski definition) is 1. The quantitative estimate of drug-likeness (QED) is 0.736. The first kappa shape index (κ1) is 12.9. The smallest absolute Gasteiger partial charge is 0.215 e. The molecule has 8 heteroatoms. The van der Waals surface area contributed by atoms with Crippen molar-refractivity contribution in [2.75, 3.05) is 23.4 Å². The van der Waals surface area contributed by atoms with Crippen molar-refractivity contribution in [1.82, 2.24) is 24.8 Å². The van der Waals surface area contributed by atoms with Crippen molar-refractivity contribution in [3.05, 3.63) is 12.2 Å². The molecule has 2 aromatic rings. The van der Waals surface area contributed by atoms with Gasteiger partial charge < -0.3 is 4.90 Å². The van der Waals surface area contributed by atoms with E-state index in [0.717, 1.165) is 46.5 Å². The molecule has 0 bridgehead atoms. The van der Waals surface area contributed by atoms with Gasteiger partial charge in [0, 0.05) is 13.1 Å². The summed E-state index contributed by atoms with van der Waals surface area (Å²) in [7, 11) is 0. The molecule has 0 saturated carbocycles. The summed E-state index contributed by atoms with van der Waals surface area (Å²) in [4.78, 5) is 12.3. The van der Waals surface area contributed by atoms with Gasteiger partial charge in [0.05, 0.1) is 0 Å². The Labute approximate surface area is 127 Å². The van der Waals surface area contributed by atoms with Crippen LogP contribution < -0.4 is 10.3 Å². The molecule has 2 aliphatic heterocycles. The van der Waals surface area contributed by atoms with Crippen LogP contribution in [0.25, 0.3) is 0 Å². The predicted molar refractivity (Wildman–Crippen MR) is 80.5 cm³/mol. The fraction of sp³-hybridized carbons (Fsp3) is 0.538. The maximum absolute atomic E-state index is 4.52. The van der Waals surface area contributed by atoms with E-state index in [-0.39, 0.29) is 0 Å². The van der Waals surface area contributed by atoms with Gasteiger partial charge in [0.2, 0.25) is 5.16 Å². The fourth-order valence-corrected chi connectivity index (χ4v) is 3.72. The number of hydrogen-bond acceptors (Lipinski definition) is 7. The molecule has 0 unspecified atom stereocenters. The number of rotatable bonds is 1. The molecule has 110 valence electrons. The molecular weight excluding hydrogens is 286 g/mol. The van der Waals surface area contributed by atoms with E-state index in [4.69, 9.17) is 0 Å². The van der Waals surface area contributed by atoms with Gasteiger partial charge >= 0.3 is 0 Å². The standard InChI is InChI=1S/C13H17N7S/c1-8-3-5-19(6-4-8)12-10-11(14-7-15-12)18-20-9(2)16-17-13(20)21-10/h7-8H,3-6H2,1-2H3,(H,14,15,18). The largest absolute Gasteiger partial charge is 0.355 e. The zero-order valence-electron chi connectivity index (χ0n) is 12.1. The molecule has 4 rings (SSSR count). The second kappa shape index (κ2) is 4.87. The van der Waals surface area contributed by atoms with Crippen molar-refractivity contribution in [1.29, 1.82) is 0 Å². The predicted octanol–water partition coefficient (Wildman–Crippen LogP) is 1.95. The summed E-state index contributed by atoms with van der Waals surface area (Å²) in [6.45, 7) is 6.34. The van der Waals surface area contributed by atoms with E-state index in [1.807, 2.05) is 11.6 Å². The molecule has 2 aromatic heterocycles. The molecule has 0 aromatic carbocycles. The van der Waals surface area contributed by atoms with Crippen LogP contribution in [0.5, 0.6) is 0 Å². The number of piperidine rings is 1. The Bertz CT molecular complexity index is 675. The maximum Gasteiger partial charge on any atom is 0.215 e. The van der Waals surface area contributed by atoms with Gasteiger partial charge in [-0.1, -0.05) is 6.92 Å². The Hall–Kier alpha value is -1.83. The lowest BCUT2D eigenvalue weighted by Gasteiger charge is -2.33. The normalized spacial score (nSPS) is 18.1. The van der Waals surface area contributed by atoms with Crippen LogP contribution >= 0.6 is 11.8 Å². The summed E-state index contributed by atoms with van der Waals surface area (Å²) in [6.07, 6.45) is 4.06. The van der Waals surface area contributed by atoms with Gasteiger partial charge in [-0.2, -0.15) is 0 Å². The van der Waals surface area contributed by atoms with Gasteiger partial charge in [-0.3, -0.25) is 5.43 Å². The highest BCUT2D eigenvalue weighted by Gasteiger charge is 2.27. The summed E-state index contributed by atoms with van der Waals surface area (Å²) in [5.74, 6) is 3.47. The van der Waals surface area contributed by atoms with Crippen molar-refractivity contribution in [3.63, 3.8) is 0 Å². The van der Waals surface area contributed by atoms with E-state index in [1.54, 1.807) is 18.1 Å². The van der Waals surface area contributed by atoms with E-state index in [9.17, 15) is 0 Å². The van der Waals surface area contributed by atoms with Crippen LogP contribution in [-0.2, 0) is 0 Å². The monoisotopic (exact) mass is 303 g/mol. The summed E-state index contributed by atoms with van der Waals surface area (Å²) in [5.41, 5.74) is 3.27. The Kier molecular flexibility index (Phi) is 2.99. The molecule has 1 fully saturated rings. The molecule has 1 saturated heterocycles. The molecule has 21 heavy (non-hydrogen) atoms. The molecule has 7 nitrogen and oxygen atoms in total. The van der Waals surface area contributed by atoms with Gasteiger partial charge in [-0.25, -0.2) is 14.6 Å². The third kappa shape index (κ3) is 2.14. The SMILES string of the molecule is Cc1nnc2n1Nc1ncnc(N3CCC(C)CC3)c1S2. The molecule has 0 radical (unpaired) electrons. The summed E-state index contributed by atoms with van der Waals surface area (Å²) < 4.78 is 1.86. The van der Waals surface area contributed by atoms with Gasteiger partial charge in [-0.05, 0) is 37.4 Å². The van der Waals surface area contributed by atoms with Gasteiger partial charge in [0.1, 0.15) is 22.9 Å². The summed E-state index contributed by atoms with van der Waals surface area (Å²) in [5, 5.41) is 9.13. The summed E-state index contributed by atoms with van der Waals surface area (Å²) >= 11 is 1.58. The first-order chi connectivity index (χ1) is 10.2. The Morgan fingerprint density at radius 2 is 2.05 bits per heavy atom. The van der Waals surface area contributed by atoms with Gasteiger partial charge in [-0.15, -0.1) is 10.2 Å². The molecular formula is C13H17N7S. The lowest BCUT2D eigenvalue weighted by atomic mass is 9.99. The van der Waals surface area contributed by atoms with Crippen LogP contribution in [-0.4, -0.2) is 37.9 Å². The highest BCUT2D eigenvalue weighted by atomic mass is 32.2. The first-order valence-electron chi connectivity index (χ1n) is 7.19. The Morgan fingerprint density at radius 3 is 2.86 bits per heavy atom. The van der Waals surface area contributed by atoms with Crippen molar-refractivity contribution < 1.29 is 0 Å². The zero-order chi connectivity index (χ0) is 14.4. The van der Waals surface area contributed by atoms with E-state index < -0.39 is 0 Å². The number of aryl methyl sites for hydroxylation is 1. The molecule has 1 N–H and O–H groups in total. The van der Waals surface area contributed by atoms with Crippen molar-refractivity contribution in [3.8, 4) is 0 Å². The Morgan fingerprint density at radius 1 is 1.24 bits per heavy atom. The number of nitrogens with one attached hydrogen (secondary N) is 1. The van der Waals surface area contributed by atoms with E-state index in [2.05, 4.69) is 37.4 Å². The van der Waals surface area contributed by atoms with Crippen LogP contribution in [0.15, 0.2) is 16.4 Å². The maximum atomic E-state index is 4.52. The number of anilines is 2. The topological polar surface area (TPSA) is 71.8 Å². The van der Waals surface area contributed by atoms with Crippen LogP contribution in [0.3, 0.4) is 0 Å². The van der Waals surface area contributed by atoms with E-state index in [1.165, 1.54) is 12.8 Å². The lowest BCUT2D eigenvalue weighted by molar-refractivity contribution is 0.435. The highest BCUT2D eigenvalue weighted by Crippen LogP contribution is 2.41. The molecule has 0 aliphatic carbocycles. The number of fused-ring (bicyclic) bond motifs is 2. The fourth-order valence-electron chi connectivity index (χ4n) is 2.72. The third-order valence-corrected chi connectivity index (χ3v) is 5.10. The minimum Gasteiger partial charge on any atom is -0.355 e. The van der Waals surface area contributed by atoms with Gasteiger partial charge in [0.25, 0.3) is 0 Å². The van der Waals surface area contributed by atoms with E-state index in [0.29, 0.717) is 0 Å². The average molecular weight is 303 g/mol. The zero-order valence-corrected chi connectivity index (χ0v) is 12.9. The minimum atomic E-state index is 0.801. The second-order valence-corrected chi connectivity index (χ2v) is 6.60. The molecule has 2 aliphatic rings. The van der Waals surface area contributed by atoms with Crippen molar-refractivity contribution in [2.24, 2.45) is 5.92 Å². The van der Waals surface area contributed by atoms with Crippen molar-refractivity contribution >= 4 is 23.4 Å². The Balaban J connectivity index is 1.69. The lowest BCUT2D eigenvalue weighted by Crippen LogP contribution is -2.34. The van der Waals surface area contributed by atoms with Crippen molar-refractivity contribution in [2.45, 2.75) is 36.7 Å².